The van der Waals surface area contributed by atoms with Crippen LogP contribution in [-0.2, 0) is 15.8 Å². The van der Waals surface area contributed by atoms with E-state index in [1.54, 1.807) is 18.3 Å². The Morgan fingerprint density at radius 1 is 1.33 bits per heavy atom. The normalized spacial score (nSPS) is 15.5. The van der Waals surface area contributed by atoms with Crippen LogP contribution in [0.5, 0.6) is 5.88 Å². The van der Waals surface area contributed by atoms with Gasteiger partial charge >= 0.3 is 0 Å². The Morgan fingerprint density at radius 2 is 2.12 bits per heavy atom. The molecule has 0 aliphatic carbocycles. The first kappa shape index (κ1) is 16.4. The lowest BCUT2D eigenvalue weighted by Gasteiger charge is -2.37. The van der Waals surface area contributed by atoms with Crippen LogP contribution in [-0.4, -0.2) is 36.9 Å². The summed E-state index contributed by atoms with van der Waals surface area (Å²) >= 11 is 0. The monoisotopic (exact) mass is 343 g/mol. The third kappa shape index (κ3) is 3.55. The van der Waals surface area contributed by atoms with E-state index >= 15 is 0 Å². The maximum atomic E-state index is 12.4. The predicted molar refractivity (Wildman–Crippen MR) is 88.7 cm³/mol. The van der Waals surface area contributed by atoms with Crippen molar-refractivity contribution < 1.29 is 13.2 Å². The zero-order chi connectivity index (χ0) is 17.2. The van der Waals surface area contributed by atoms with Crippen molar-refractivity contribution in [3.8, 4) is 11.9 Å². The second kappa shape index (κ2) is 6.59. The first-order chi connectivity index (χ1) is 11.5. The molecule has 1 aliphatic rings. The minimum atomic E-state index is -3.37. The van der Waals surface area contributed by atoms with Crippen LogP contribution in [0.15, 0.2) is 42.6 Å². The summed E-state index contributed by atoms with van der Waals surface area (Å²) in [6.45, 7) is 2.48. The topological polar surface area (TPSA) is 83.3 Å². The number of hydrogen-bond acceptors (Lipinski definition) is 5. The van der Waals surface area contributed by atoms with Crippen molar-refractivity contribution in [3.05, 3.63) is 59.3 Å². The molecule has 1 aromatic heterocycles. The fourth-order valence-electron chi connectivity index (χ4n) is 2.53. The van der Waals surface area contributed by atoms with E-state index in [0.29, 0.717) is 5.56 Å². The Morgan fingerprint density at radius 3 is 2.83 bits per heavy atom. The number of sulfonamides is 1. The van der Waals surface area contributed by atoms with Crippen molar-refractivity contribution in [2.75, 3.05) is 13.1 Å². The number of ether oxygens (including phenoxy) is 1. The number of aromatic nitrogens is 1. The van der Waals surface area contributed by atoms with Gasteiger partial charge in [-0.1, -0.05) is 29.8 Å². The molecular formula is C17H17N3O3S. The van der Waals surface area contributed by atoms with E-state index < -0.39 is 10.0 Å². The van der Waals surface area contributed by atoms with E-state index in [-0.39, 0.29) is 30.8 Å². The molecule has 1 aliphatic heterocycles. The quantitative estimate of drug-likeness (QED) is 0.827. The minimum Gasteiger partial charge on any atom is -0.471 e. The van der Waals surface area contributed by atoms with Crippen LogP contribution in [0.4, 0.5) is 0 Å². The molecule has 2 aromatic rings. The largest absolute Gasteiger partial charge is 0.471 e. The van der Waals surface area contributed by atoms with Crippen LogP contribution < -0.4 is 4.74 Å². The van der Waals surface area contributed by atoms with E-state index in [1.165, 1.54) is 4.31 Å². The van der Waals surface area contributed by atoms with E-state index in [9.17, 15) is 8.42 Å². The van der Waals surface area contributed by atoms with Crippen LogP contribution in [0.3, 0.4) is 0 Å². The minimum absolute atomic E-state index is 0.0194. The Labute approximate surface area is 141 Å². The molecule has 0 bridgehead atoms. The lowest BCUT2D eigenvalue weighted by atomic mass is 10.2. The fraction of sp³-hybridized carbons (Fsp3) is 0.294. The summed E-state index contributed by atoms with van der Waals surface area (Å²) in [4.78, 5) is 4.02. The number of rotatable bonds is 5. The number of hydrogen-bond donors (Lipinski definition) is 0. The Bertz CT molecular complexity index is 884. The Hall–Kier alpha value is -2.43. The molecule has 0 N–H and O–H groups in total. The first-order valence-corrected chi connectivity index (χ1v) is 9.14. The van der Waals surface area contributed by atoms with Crippen molar-refractivity contribution in [1.29, 1.82) is 5.26 Å². The van der Waals surface area contributed by atoms with Gasteiger partial charge in [-0.25, -0.2) is 13.4 Å². The van der Waals surface area contributed by atoms with Gasteiger partial charge < -0.3 is 4.74 Å². The highest BCUT2D eigenvalue weighted by molar-refractivity contribution is 7.88. The molecular weight excluding hydrogens is 326 g/mol. The summed E-state index contributed by atoms with van der Waals surface area (Å²) < 4.78 is 31.9. The highest BCUT2D eigenvalue weighted by Gasteiger charge is 2.37. The molecule has 0 amide bonds. The summed E-state index contributed by atoms with van der Waals surface area (Å²) in [5, 5.41) is 9.01. The molecule has 1 aromatic carbocycles. The summed E-state index contributed by atoms with van der Waals surface area (Å²) in [6.07, 6.45) is 1.26. The first-order valence-electron chi connectivity index (χ1n) is 7.53. The van der Waals surface area contributed by atoms with Crippen molar-refractivity contribution in [2.24, 2.45) is 0 Å². The number of aryl methyl sites for hydroxylation is 1. The van der Waals surface area contributed by atoms with Gasteiger partial charge in [-0.3, -0.25) is 0 Å². The number of nitrogens with zero attached hydrogens (tertiary/aromatic N) is 3. The molecule has 0 spiro atoms. The van der Waals surface area contributed by atoms with Gasteiger partial charge in [0.1, 0.15) is 17.7 Å². The van der Waals surface area contributed by atoms with Gasteiger partial charge in [-0.05, 0) is 24.6 Å². The summed E-state index contributed by atoms with van der Waals surface area (Å²) in [5.41, 5.74) is 2.15. The van der Waals surface area contributed by atoms with Gasteiger partial charge in [0.25, 0.3) is 0 Å². The smallest absolute Gasteiger partial charge is 0.232 e. The molecule has 3 rings (SSSR count). The van der Waals surface area contributed by atoms with Gasteiger partial charge in [-0.2, -0.15) is 9.57 Å². The van der Waals surface area contributed by atoms with Crippen LogP contribution in [0.25, 0.3) is 0 Å². The highest BCUT2D eigenvalue weighted by Crippen LogP contribution is 2.23. The average Bonchev–Trinajstić information content (AvgIpc) is 2.50. The SMILES string of the molecule is Cc1cccc(CS(=O)(=O)N2CC(Oc3ncccc3C#N)C2)c1. The maximum absolute atomic E-state index is 12.4. The molecule has 1 fully saturated rings. The predicted octanol–water partition coefficient (Wildman–Crippen LogP) is 1.85. The fourth-order valence-corrected chi connectivity index (χ4v) is 4.10. The average molecular weight is 343 g/mol. The lowest BCUT2D eigenvalue weighted by molar-refractivity contribution is 0.0717. The van der Waals surface area contributed by atoms with Crippen molar-refractivity contribution >= 4 is 10.0 Å². The molecule has 0 radical (unpaired) electrons. The molecule has 24 heavy (non-hydrogen) atoms. The van der Waals surface area contributed by atoms with E-state index in [2.05, 4.69) is 4.98 Å². The molecule has 2 heterocycles. The maximum Gasteiger partial charge on any atom is 0.232 e. The van der Waals surface area contributed by atoms with Crippen molar-refractivity contribution in [1.82, 2.24) is 9.29 Å². The summed E-state index contributed by atoms with van der Waals surface area (Å²) in [7, 11) is -3.37. The molecule has 124 valence electrons. The van der Waals surface area contributed by atoms with E-state index in [0.717, 1.165) is 11.1 Å². The van der Waals surface area contributed by atoms with Gasteiger partial charge in [0, 0.05) is 6.20 Å². The summed E-state index contributed by atoms with van der Waals surface area (Å²) in [5.74, 6) is 0.231. The molecule has 0 atom stereocenters. The molecule has 6 nitrogen and oxygen atoms in total. The zero-order valence-electron chi connectivity index (χ0n) is 13.2. The van der Waals surface area contributed by atoms with Crippen LogP contribution in [0.2, 0.25) is 0 Å². The third-order valence-corrected chi connectivity index (χ3v) is 5.59. The molecule has 7 heteroatoms. The van der Waals surface area contributed by atoms with E-state index in [4.69, 9.17) is 10.00 Å². The van der Waals surface area contributed by atoms with Gasteiger partial charge in [0.05, 0.1) is 18.8 Å². The van der Waals surface area contributed by atoms with Gasteiger partial charge in [0.2, 0.25) is 15.9 Å². The second-order valence-electron chi connectivity index (χ2n) is 5.77. The van der Waals surface area contributed by atoms with Crippen molar-refractivity contribution in [2.45, 2.75) is 18.8 Å². The zero-order valence-corrected chi connectivity index (χ0v) is 14.0. The Kier molecular flexibility index (Phi) is 4.51. The van der Waals surface area contributed by atoms with E-state index in [1.807, 2.05) is 37.3 Å². The van der Waals surface area contributed by atoms with Crippen molar-refractivity contribution in [3.63, 3.8) is 0 Å². The molecule has 0 saturated carbocycles. The van der Waals surface area contributed by atoms with Crippen LogP contribution in [0.1, 0.15) is 16.7 Å². The summed E-state index contributed by atoms with van der Waals surface area (Å²) in [6, 6.07) is 12.8. The van der Waals surface area contributed by atoms with Gasteiger partial charge in [0.15, 0.2) is 0 Å². The highest BCUT2D eigenvalue weighted by atomic mass is 32.2. The molecule has 0 unspecified atom stereocenters. The second-order valence-corrected chi connectivity index (χ2v) is 7.74. The molecule has 1 saturated heterocycles. The standard InChI is InChI=1S/C17H17N3O3S/c1-13-4-2-5-14(8-13)12-24(21,22)20-10-16(11-20)23-17-15(9-18)6-3-7-19-17/h2-8,16H,10-12H2,1H3. The van der Waals surface area contributed by atoms with Crippen LogP contribution >= 0.6 is 0 Å². The Balaban J connectivity index is 1.60. The number of pyridine rings is 1. The lowest BCUT2D eigenvalue weighted by Crippen LogP contribution is -2.56. The third-order valence-electron chi connectivity index (χ3n) is 3.81. The van der Waals surface area contributed by atoms with Crippen LogP contribution in [0, 0.1) is 18.3 Å². The number of benzene rings is 1. The van der Waals surface area contributed by atoms with Gasteiger partial charge in [-0.15, -0.1) is 0 Å². The number of nitriles is 1.